The number of halogens is 1. The first-order chi connectivity index (χ1) is 8.24. The minimum absolute atomic E-state index is 0.145. The van der Waals surface area contributed by atoms with E-state index >= 15 is 0 Å². The van der Waals surface area contributed by atoms with Gasteiger partial charge in [0.1, 0.15) is 5.82 Å². The van der Waals surface area contributed by atoms with Crippen molar-refractivity contribution in [3.8, 4) is 0 Å². The van der Waals surface area contributed by atoms with Gasteiger partial charge in [0.15, 0.2) is 0 Å². The van der Waals surface area contributed by atoms with E-state index in [1.165, 1.54) is 38.5 Å². The second-order valence-electron chi connectivity index (χ2n) is 5.26. The Bertz CT molecular complexity index is 334. The molecule has 0 unspecified atom stereocenters. The Morgan fingerprint density at radius 3 is 2.47 bits per heavy atom. The monoisotopic (exact) mass is 235 g/mol. The van der Waals surface area contributed by atoms with Gasteiger partial charge >= 0.3 is 0 Å². The molecule has 0 amide bonds. The standard InChI is InChI=1S/C15H22FN/c1-12-8-14(16)10-15(9-12)17-11-13-6-4-2-3-5-7-13/h8-10,13,17H,2-7,11H2,1H3. The van der Waals surface area contributed by atoms with Gasteiger partial charge in [0.25, 0.3) is 0 Å². The minimum Gasteiger partial charge on any atom is -0.385 e. The lowest BCUT2D eigenvalue weighted by atomic mass is 10.0. The first-order valence-electron chi connectivity index (χ1n) is 6.75. The van der Waals surface area contributed by atoms with Crippen LogP contribution in [-0.4, -0.2) is 6.54 Å². The SMILES string of the molecule is Cc1cc(F)cc(NCC2CCCCCC2)c1. The molecule has 0 atom stereocenters. The molecule has 1 aliphatic rings. The molecule has 0 bridgehead atoms. The highest BCUT2D eigenvalue weighted by Crippen LogP contribution is 2.23. The Balaban J connectivity index is 1.87. The Labute approximate surface area is 103 Å². The first-order valence-corrected chi connectivity index (χ1v) is 6.75. The molecule has 1 fully saturated rings. The number of hydrogen-bond donors (Lipinski definition) is 1. The van der Waals surface area contributed by atoms with Crippen LogP contribution in [0.2, 0.25) is 0 Å². The van der Waals surface area contributed by atoms with Gasteiger partial charge in [-0.3, -0.25) is 0 Å². The highest BCUT2D eigenvalue weighted by Gasteiger charge is 2.11. The molecular weight excluding hydrogens is 213 g/mol. The fourth-order valence-electron chi connectivity index (χ4n) is 2.67. The maximum atomic E-state index is 13.2. The smallest absolute Gasteiger partial charge is 0.125 e. The van der Waals surface area contributed by atoms with E-state index in [9.17, 15) is 4.39 Å². The number of aryl methyl sites for hydroxylation is 1. The van der Waals surface area contributed by atoms with Crippen LogP contribution < -0.4 is 5.32 Å². The molecule has 2 rings (SSSR count). The van der Waals surface area contributed by atoms with Crippen LogP contribution in [0, 0.1) is 18.7 Å². The Morgan fingerprint density at radius 1 is 1.12 bits per heavy atom. The summed E-state index contributed by atoms with van der Waals surface area (Å²) in [6.07, 6.45) is 8.12. The van der Waals surface area contributed by atoms with Crippen LogP contribution in [0.3, 0.4) is 0 Å². The topological polar surface area (TPSA) is 12.0 Å². The van der Waals surface area contributed by atoms with Crippen LogP contribution in [0.1, 0.15) is 44.1 Å². The predicted octanol–water partition coefficient (Wildman–Crippen LogP) is 4.52. The summed E-state index contributed by atoms with van der Waals surface area (Å²) in [5.74, 6) is 0.620. The van der Waals surface area contributed by atoms with Gasteiger partial charge in [0, 0.05) is 12.2 Å². The summed E-state index contributed by atoms with van der Waals surface area (Å²) < 4.78 is 13.2. The molecule has 94 valence electrons. The van der Waals surface area contributed by atoms with E-state index in [-0.39, 0.29) is 5.82 Å². The van der Waals surface area contributed by atoms with Crippen molar-refractivity contribution in [2.24, 2.45) is 5.92 Å². The van der Waals surface area contributed by atoms with Gasteiger partial charge in [-0.05, 0) is 49.4 Å². The van der Waals surface area contributed by atoms with E-state index in [0.29, 0.717) is 0 Å². The molecule has 1 saturated carbocycles. The summed E-state index contributed by atoms with van der Waals surface area (Å²) in [6.45, 7) is 2.92. The van der Waals surface area contributed by atoms with Gasteiger partial charge in [-0.15, -0.1) is 0 Å². The van der Waals surface area contributed by atoms with Crippen molar-refractivity contribution < 1.29 is 4.39 Å². The van der Waals surface area contributed by atoms with Gasteiger partial charge in [0.05, 0.1) is 0 Å². The van der Waals surface area contributed by atoms with E-state index in [0.717, 1.165) is 23.7 Å². The fraction of sp³-hybridized carbons (Fsp3) is 0.600. The van der Waals surface area contributed by atoms with Gasteiger partial charge in [-0.1, -0.05) is 25.7 Å². The van der Waals surface area contributed by atoms with Crippen molar-refractivity contribution in [2.45, 2.75) is 45.4 Å². The summed E-state index contributed by atoms with van der Waals surface area (Å²) in [7, 11) is 0. The molecule has 0 heterocycles. The molecule has 0 radical (unpaired) electrons. The third-order valence-electron chi connectivity index (χ3n) is 3.61. The molecule has 1 aliphatic carbocycles. The van der Waals surface area contributed by atoms with Crippen LogP contribution >= 0.6 is 0 Å². The van der Waals surface area contributed by atoms with Crippen molar-refractivity contribution in [1.82, 2.24) is 0 Å². The molecule has 1 aromatic rings. The van der Waals surface area contributed by atoms with Crippen LogP contribution in [0.25, 0.3) is 0 Å². The Kier molecular flexibility index (Phi) is 4.41. The van der Waals surface area contributed by atoms with Crippen LogP contribution in [0.15, 0.2) is 18.2 Å². The third-order valence-corrected chi connectivity index (χ3v) is 3.61. The van der Waals surface area contributed by atoms with Gasteiger partial charge < -0.3 is 5.32 Å². The summed E-state index contributed by atoms with van der Waals surface area (Å²) in [4.78, 5) is 0. The number of rotatable bonds is 3. The largest absolute Gasteiger partial charge is 0.385 e. The molecule has 17 heavy (non-hydrogen) atoms. The molecule has 1 aromatic carbocycles. The van der Waals surface area contributed by atoms with E-state index in [2.05, 4.69) is 5.32 Å². The average molecular weight is 235 g/mol. The predicted molar refractivity (Wildman–Crippen MR) is 70.8 cm³/mol. The Morgan fingerprint density at radius 2 is 1.82 bits per heavy atom. The van der Waals surface area contributed by atoms with E-state index < -0.39 is 0 Å². The average Bonchev–Trinajstić information content (AvgIpc) is 2.53. The lowest BCUT2D eigenvalue weighted by Gasteiger charge is -2.16. The molecule has 0 saturated heterocycles. The fourth-order valence-corrected chi connectivity index (χ4v) is 2.67. The molecule has 0 spiro atoms. The zero-order valence-electron chi connectivity index (χ0n) is 10.6. The molecule has 0 aromatic heterocycles. The molecule has 1 N–H and O–H groups in total. The van der Waals surface area contributed by atoms with Crippen molar-refractivity contribution >= 4 is 5.69 Å². The first kappa shape index (κ1) is 12.4. The van der Waals surface area contributed by atoms with E-state index in [1.54, 1.807) is 12.1 Å². The van der Waals surface area contributed by atoms with Gasteiger partial charge in [0.2, 0.25) is 0 Å². The Hall–Kier alpha value is -1.05. The van der Waals surface area contributed by atoms with Crippen LogP contribution in [0.4, 0.5) is 10.1 Å². The van der Waals surface area contributed by atoms with Crippen molar-refractivity contribution in [3.05, 3.63) is 29.6 Å². The normalized spacial score (nSPS) is 17.8. The number of nitrogens with one attached hydrogen (secondary N) is 1. The number of benzene rings is 1. The molecular formula is C15H22FN. The summed E-state index contributed by atoms with van der Waals surface area (Å²) in [5, 5.41) is 3.38. The third kappa shape index (κ3) is 4.03. The zero-order valence-corrected chi connectivity index (χ0v) is 10.6. The summed E-state index contributed by atoms with van der Waals surface area (Å²) in [6, 6.07) is 5.17. The summed E-state index contributed by atoms with van der Waals surface area (Å²) in [5.41, 5.74) is 1.90. The highest BCUT2D eigenvalue weighted by molar-refractivity contribution is 5.45. The maximum absolute atomic E-state index is 13.2. The van der Waals surface area contributed by atoms with E-state index in [1.807, 2.05) is 13.0 Å². The van der Waals surface area contributed by atoms with Crippen molar-refractivity contribution in [3.63, 3.8) is 0 Å². The summed E-state index contributed by atoms with van der Waals surface area (Å²) >= 11 is 0. The van der Waals surface area contributed by atoms with E-state index in [4.69, 9.17) is 0 Å². The molecule has 1 nitrogen and oxygen atoms in total. The maximum Gasteiger partial charge on any atom is 0.125 e. The van der Waals surface area contributed by atoms with Gasteiger partial charge in [-0.2, -0.15) is 0 Å². The van der Waals surface area contributed by atoms with Gasteiger partial charge in [-0.25, -0.2) is 4.39 Å². The molecule has 2 heteroatoms. The van der Waals surface area contributed by atoms with Crippen molar-refractivity contribution in [2.75, 3.05) is 11.9 Å². The zero-order chi connectivity index (χ0) is 12.1. The quantitative estimate of drug-likeness (QED) is 0.760. The number of hydrogen-bond acceptors (Lipinski definition) is 1. The lowest BCUT2D eigenvalue weighted by molar-refractivity contribution is 0.483. The highest BCUT2D eigenvalue weighted by atomic mass is 19.1. The second-order valence-corrected chi connectivity index (χ2v) is 5.26. The lowest BCUT2D eigenvalue weighted by Crippen LogP contribution is -2.13. The van der Waals surface area contributed by atoms with Crippen molar-refractivity contribution in [1.29, 1.82) is 0 Å². The number of anilines is 1. The van der Waals surface area contributed by atoms with Crippen LogP contribution in [0.5, 0.6) is 0 Å². The minimum atomic E-state index is -0.145. The van der Waals surface area contributed by atoms with Crippen LogP contribution in [-0.2, 0) is 0 Å². The molecule has 0 aliphatic heterocycles. The second kappa shape index (κ2) is 6.04.